The van der Waals surface area contributed by atoms with E-state index in [1.54, 1.807) is 6.07 Å². The largest absolute Gasteiger partial charge is 0.453 e. The van der Waals surface area contributed by atoms with Crippen LogP contribution in [0.3, 0.4) is 0 Å². The molecule has 0 radical (unpaired) electrons. The number of nitrogens with one attached hydrogen (secondary N) is 1. The van der Waals surface area contributed by atoms with Crippen LogP contribution in [0.2, 0.25) is 0 Å². The summed E-state index contributed by atoms with van der Waals surface area (Å²) in [6.45, 7) is 0.579. The van der Waals surface area contributed by atoms with E-state index >= 15 is 0 Å². The van der Waals surface area contributed by atoms with Crippen LogP contribution in [0.4, 0.5) is 0 Å². The second-order valence-corrected chi connectivity index (χ2v) is 3.38. The first-order valence-corrected chi connectivity index (χ1v) is 4.97. The fourth-order valence-electron chi connectivity index (χ4n) is 1.45. The van der Waals surface area contributed by atoms with Gasteiger partial charge in [0.05, 0.1) is 13.1 Å². The Balaban J connectivity index is 2.14. The van der Waals surface area contributed by atoms with Crippen LogP contribution in [-0.2, 0) is 0 Å². The standard InChI is InChI=1S/C13H11NO2/c1-2-7-14-9-11(15)13-8-10-5-3-4-6-12(10)16-13/h1,3-6,8,14H,7,9H2. The Morgan fingerprint density at radius 3 is 3.00 bits per heavy atom. The summed E-state index contributed by atoms with van der Waals surface area (Å²) in [6, 6.07) is 9.26. The summed E-state index contributed by atoms with van der Waals surface area (Å²) in [7, 11) is 0. The van der Waals surface area contributed by atoms with E-state index in [1.807, 2.05) is 24.3 Å². The monoisotopic (exact) mass is 213 g/mol. The molecule has 0 amide bonds. The van der Waals surface area contributed by atoms with E-state index in [0.29, 0.717) is 12.3 Å². The quantitative estimate of drug-likeness (QED) is 0.478. The number of carbonyl (C=O) groups is 1. The molecule has 0 saturated heterocycles. The maximum absolute atomic E-state index is 11.7. The van der Waals surface area contributed by atoms with E-state index in [-0.39, 0.29) is 12.3 Å². The van der Waals surface area contributed by atoms with Gasteiger partial charge < -0.3 is 4.42 Å². The third-order valence-electron chi connectivity index (χ3n) is 2.21. The zero-order chi connectivity index (χ0) is 11.4. The summed E-state index contributed by atoms with van der Waals surface area (Å²) < 4.78 is 5.42. The number of para-hydroxylation sites is 1. The molecule has 1 aromatic heterocycles. The minimum atomic E-state index is -0.0913. The van der Waals surface area contributed by atoms with Crippen LogP contribution >= 0.6 is 0 Å². The van der Waals surface area contributed by atoms with Gasteiger partial charge >= 0.3 is 0 Å². The number of carbonyl (C=O) groups excluding carboxylic acids is 1. The molecule has 0 spiro atoms. The Morgan fingerprint density at radius 1 is 1.44 bits per heavy atom. The van der Waals surface area contributed by atoms with Crippen LogP contribution in [0.25, 0.3) is 11.0 Å². The zero-order valence-corrected chi connectivity index (χ0v) is 8.69. The topological polar surface area (TPSA) is 42.2 Å². The Morgan fingerprint density at radius 2 is 2.25 bits per heavy atom. The van der Waals surface area contributed by atoms with Crippen molar-refractivity contribution in [1.82, 2.24) is 5.32 Å². The van der Waals surface area contributed by atoms with Crippen molar-refractivity contribution >= 4 is 16.8 Å². The number of furan rings is 1. The summed E-state index contributed by atoms with van der Waals surface area (Å²) in [5.74, 6) is 2.68. The second kappa shape index (κ2) is 4.65. The third-order valence-corrected chi connectivity index (χ3v) is 2.21. The highest BCUT2D eigenvalue weighted by molar-refractivity contribution is 5.98. The van der Waals surface area contributed by atoms with Crippen molar-refractivity contribution in [2.24, 2.45) is 0 Å². The van der Waals surface area contributed by atoms with Crippen LogP contribution < -0.4 is 5.32 Å². The van der Waals surface area contributed by atoms with Crippen molar-refractivity contribution in [3.8, 4) is 12.3 Å². The SMILES string of the molecule is C#CCNCC(=O)c1cc2ccccc2o1. The molecular weight excluding hydrogens is 202 g/mol. The number of hydrogen-bond donors (Lipinski definition) is 1. The maximum Gasteiger partial charge on any atom is 0.211 e. The highest BCUT2D eigenvalue weighted by atomic mass is 16.3. The maximum atomic E-state index is 11.7. The van der Waals surface area contributed by atoms with Gasteiger partial charge in [0.25, 0.3) is 0 Å². The lowest BCUT2D eigenvalue weighted by Gasteiger charge is -1.96. The van der Waals surface area contributed by atoms with Crippen LogP contribution in [0, 0.1) is 12.3 Å². The smallest absolute Gasteiger partial charge is 0.211 e. The van der Waals surface area contributed by atoms with Crippen molar-refractivity contribution in [2.45, 2.75) is 0 Å². The van der Waals surface area contributed by atoms with Gasteiger partial charge in [0.15, 0.2) is 5.76 Å². The van der Waals surface area contributed by atoms with Gasteiger partial charge in [0.2, 0.25) is 5.78 Å². The molecule has 80 valence electrons. The van der Waals surface area contributed by atoms with Gasteiger partial charge in [-0.05, 0) is 12.1 Å². The van der Waals surface area contributed by atoms with Crippen LogP contribution in [-0.4, -0.2) is 18.9 Å². The van der Waals surface area contributed by atoms with E-state index in [9.17, 15) is 4.79 Å². The summed E-state index contributed by atoms with van der Waals surface area (Å²) >= 11 is 0. The molecule has 0 saturated carbocycles. The van der Waals surface area contributed by atoms with E-state index in [0.717, 1.165) is 11.0 Å². The Bertz CT molecular complexity index is 515. The molecule has 3 nitrogen and oxygen atoms in total. The van der Waals surface area contributed by atoms with Gasteiger partial charge in [-0.3, -0.25) is 10.1 Å². The molecule has 1 aromatic carbocycles. The average Bonchev–Trinajstić information content (AvgIpc) is 2.73. The van der Waals surface area contributed by atoms with Gasteiger partial charge in [-0.1, -0.05) is 24.1 Å². The Kier molecular flexibility index (Phi) is 3.04. The first-order valence-electron chi connectivity index (χ1n) is 4.97. The lowest BCUT2D eigenvalue weighted by Crippen LogP contribution is -2.22. The molecule has 0 atom stereocenters. The van der Waals surface area contributed by atoms with E-state index in [4.69, 9.17) is 10.8 Å². The van der Waals surface area contributed by atoms with Crippen molar-refractivity contribution < 1.29 is 9.21 Å². The Labute approximate surface area is 93.4 Å². The van der Waals surface area contributed by atoms with Crippen molar-refractivity contribution in [3.05, 3.63) is 36.1 Å². The minimum absolute atomic E-state index is 0.0913. The average molecular weight is 213 g/mol. The number of rotatable bonds is 4. The van der Waals surface area contributed by atoms with Crippen molar-refractivity contribution in [2.75, 3.05) is 13.1 Å². The molecule has 0 aliphatic heterocycles. The van der Waals surface area contributed by atoms with Gasteiger partial charge in [0.1, 0.15) is 5.58 Å². The Hall–Kier alpha value is -2.05. The third kappa shape index (κ3) is 2.13. The molecule has 1 heterocycles. The number of Topliss-reactive ketones (excluding diaryl/α,β-unsaturated/α-hetero) is 1. The number of ketones is 1. The molecule has 2 aromatic rings. The van der Waals surface area contributed by atoms with E-state index in [2.05, 4.69) is 11.2 Å². The molecular formula is C13H11NO2. The lowest BCUT2D eigenvalue weighted by atomic mass is 10.2. The van der Waals surface area contributed by atoms with Crippen LogP contribution in [0.15, 0.2) is 34.7 Å². The molecule has 1 N–H and O–H groups in total. The number of benzene rings is 1. The van der Waals surface area contributed by atoms with Gasteiger partial charge in [-0.15, -0.1) is 6.42 Å². The predicted octanol–water partition coefficient (Wildman–Crippen LogP) is 1.84. The fraction of sp³-hybridized carbons (Fsp3) is 0.154. The first-order chi connectivity index (χ1) is 7.81. The lowest BCUT2D eigenvalue weighted by molar-refractivity contribution is 0.0968. The molecule has 3 heteroatoms. The fourth-order valence-corrected chi connectivity index (χ4v) is 1.45. The molecule has 0 fully saturated rings. The van der Waals surface area contributed by atoms with Gasteiger partial charge in [-0.25, -0.2) is 0 Å². The molecule has 0 unspecified atom stereocenters. The summed E-state index contributed by atoms with van der Waals surface area (Å²) in [5.41, 5.74) is 0.725. The number of hydrogen-bond acceptors (Lipinski definition) is 3. The summed E-state index contributed by atoms with van der Waals surface area (Å²) in [5, 5.41) is 3.77. The minimum Gasteiger partial charge on any atom is -0.453 e. The second-order valence-electron chi connectivity index (χ2n) is 3.38. The number of fused-ring (bicyclic) bond motifs is 1. The molecule has 0 aliphatic carbocycles. The molecule has 0 bridgehead atoms. The number of terminal acetylenes is 1. The van der Waals surface area contributed by atoms with Crippen molar-refractivity contribution in [1.29, 1.82) is 0 Å². The van der Waals surface area contributed by atoms with Crippen LogP contribution in [0.5, 0.6) is 0 Å². The van der Waals surface area contributed by atoms with E-state index < -0.39 is 0 Å². The molecule has 16 heavy (non-hydrogen) atoms. The highest BCUT2D eigenvalue weighted by Crippen LogP contribution is 2.18. The van der Waals surface area contributed by atoms with Crippen LogP contribution in [0.1, 0.15) is 10.6 Å². The first kappa shape index (κ1) is 10.5. The van der Waals surface area contributed by atoms with E-state index in [1.165, 1.54) is 0 Å². The van der Waals surface area contributed by atoms with Crippen molar-refractivity contribution in [3.63, 3.8) is 0 Å². The summed E-state index contributed by atoms with van der Waals surface area (Å²) in [6.07, 6.45) is 5.07. The molecule has 2 rings (SSSR count). The van der Waals surface area contributed by atoms with Gasteiger partial charge in [0, 0.05) is 5.39 Å². The molecule has 0 aliphatic rings. The normalized spacial score (nSPS) is 10.2. The zero-order valence-electron chi connectivity index (χ0n) is 8.69. The highest BCUT2D eigenvalue weighted by Gasteiger charge is 2.10. The van der Waals surface area contributed by atoms with Gasteiger partial charge in [-0.2, -0.15) is 0 Å². The summed E-state index contributed by atoms with van der Waals surface area (Å²) in [4.78, 5) is 11.7. The predicted molar refractivity (Wildman–Crippen MR) is 62.2 cm³/mol.